The first kappa shape index (κ1) is 30.1. The lowest BCUT2D eigenvalue weighted by Gasteiger charge is -2.42. The van der Waals surface area contributed by atoms with Crippen molar-refractivity contribution in [2.24, 2.45) is 0 Å². The predicted molar refractivity (Wildman–Crippen MR) is 156 cm³/mol. The van der Waals surface area contributed by atoms with E-state index in [1.165, 1.54) is 12.3 Å². The van der Waals surface area contributed by atoms with E-state index in [0.29, 0.717) is 24.4 Å². The number of thioether (sulfide) groups is 2. The van der Waals surface area contributed by atoms with Crippen molar-refractivity contribution in [1.82, 2.24) is 0 Å². The minimum Gasteiger partial charge on any atom is -0.494 e. The van der Waals surface area contributed by atoms with Crippen LogP contribution in [0.4, 0.5) is 0 Å². The van der Waals surface area contributed by atoms with E-state index in [-0.39, 0.29) is 29.0 Å². The van der Waals surface area contributed by atoms with Gasteiger partial charge < -0.3 is 23.7 Å². The highest BCUT2D eigenvalue weighted by Gasteiger charge is 2.44. The molecule has 6 nitrogen and oxygen atoms in total. The van der Waals surface area contributed by atoms with Gasteiger partial charge in [-0.2, -0.15) is 0 Å². The fourth-order valence-electron chi connectivity index (χ4n) is 4.52. The maximum atomic E-state index is 12.9. The number of esters is 1. The first-order valence-electron chi connectivity index (χ1n) is 12.6. The number of methoxy groups -OCH3 is 3. The summed E-state index contributed by atoms with van der Waals surface area (Å²) in [5.74, 6) is 2.36. The number of carbonyl (C=O) groups excluding carboxylic acids is 1. The molecule has 1 aromatic carbocycles. The van der Waals surface area contributed by atoms with Crippen LogP contribution < -0.4 is 5.19 Å². The molecule has 2 aliphatic heterocycles. The maximum Gasteiger partial charge on any atom is 0.335 e. The van der Waals surface area contributed by atoms with Crippen LogP contribution in [0.15, 0.2) is 65.6 Å². The van der Waals surface area contributed by atoms with Gasteiger partial charge in [0.05, 0.1) is 30.0 Å². The standard InChI is InChI=1S/C28H40O6S2Si/c1-21-22(13-14-33-21)17-25(28(18-26(30-2)31-3)35-15-10-16-36-28)34-19-23(27(29)32-4)20-37(5,6)24-11-8-7-9-12-24/h7-9,11-12,17,20,25-26H,1,10,13-16,18-19H2,2-6H3/b22-17+,23-20+. The molecule has 0 spiro atoms. The van der Waals surface area contributed by atoms with Crippen LogP contribution in [-0.2, 0) is 28.5 Å². The molecule has 0 radical (unpaired) electrons. The quantitative estimate of drug-likeness (QED) is 0.151. The lowest BCUT2D eigenvalue weighted by atomic mass is 10.1. The number of rotatable bonds is 12. The summed E-state index contributed by atoms with van der Waals surface area (Å²) in [5, 5.41) is 1.24. The van der Waals surface area contributed by atoms with Gasteiger partial charge in [0.25, 0.3) is 0 Å². The zero-order valence-corrected chi connectivity index (χ0v) is 25.3. The van der Waals surface area contributed by atoms with Crippen molar-refractivity contribution in [2.45, 2.75) is 48.8 Å². The zero-order valence-electron chi connectivity index (χ0n) is 22.6. The molecule has 1 unspecified atom stereocenters. The van der Waals surface area contributed by atoms with Crippen LogP contribution in [0.25, 0.3) is 0 Å². The van der Waals surface area contributed by atoms with Gasteiger partial charge in [0.15, 0.2) is 6.29 Å². The van der Waals surface area contributed by atoms with Gasteiger partial charge in [-0.05, 0) is 29.6 Å². The molecule has 1 atom stereocenters. The number of ether oxygens (including phenoxy) is 5. The van der Waals surface area contributed by atoms with Gasteiger partial charge in [-0.15, -0.1) is 23.5 Å². The normalized spacial score (nSPS) is 20.2. The molecule has 204 valence electrons. The van der Waals surface area contributed by atoms with E-state index < -0.39 is 8.07 Å². The van der Waals surface area contributed by atoms with Gasteiger partial charge in [-0.1, -0.05) is 60.9 Å². The van der Waals surface area contributed by atoms with E-state index in [1.54, 1.807) is 14.2 Å². The fourth-order valence-corrected chi connectivity index (χ4v) is 10.2. The molecular weight excluding hydrogens is 525 g/mol. The molecule has 2 fully saturated rings. The highest BCUT2D eigenvalue weighted by atomic mass is 32.2. The van der Waals surface area contributed by atoms with E-state index in [4.69, 9.17) is 23.7 Å². The van der Waals surface area contributed by atoms with Gasteiger partial charge in [-0.25, -0.2) is 4.79 Å². The Morgan fingerprint density at radius 2 is 1.84 bits per heavy atom. The summed E-state index contributed by atoms with van der Waals surface area (Å²) in [4.78, 5) is 12.9. The van der Waals surface area contributed by atoms with Crippen molar-refractivity contribution in [3.8, 4) is 0 Å². The van der Waals surface area contributed by atoms with Gasteiger partial charge >= 0.3 is 5.97 Å². The second kappa shape index (κ2) is 14.1. The Morgan fingerprint density at radius 1 is 1.16 bits per heavy atom. The fraction of sp³-hybridized carbons (Fsp3) is 0.536. The number of carbonyl (C=O) groups is 1. The largest absolute Gasteiger partial charge is 0.494 e. The summed E-state index contributed by atoms with van der Waals surface area (Å²) in [5.41, 5.74) is 3.69. The molecule has 0 saturated carbocycles. The van der Waals surface area contributed by atoms with Gasteiger partial charge in [0.1, 0.15) is 19.9 Å². The van der Waals surface area contributed by atoms with Crippen molar-refractivity contribution < 1.29 is 28.5 Å². The Bertz CT molecular complexity index is 968. The molecule has 0 aliphatic carbocycles. The van der Waals surface area contributed by atoms with Crippen LogP contribution in [0.5, 0.6) is 0 Å². The van der Waals surface area contributed by atoms with E-state index in [9.17, 15) is 4.79 Å². The molecular formula is C28H40O6S2Si. The van der Waals surface area contributed by atoms with Crippen molar-refractivity contribution in [1.29, 1.82) is 0 Å². The average Bonchev–Trinajstić information content (AvgIpc) is 3.33. The molecule has 2 saturated heterocycles. The smallest absolute Gasteiger partial charge is 0.335 e. The maximum absolute atomic E-state index is 12.9. The average molecular weight is 565 g/mol. The number of hydrogen-bond donors (Lipinski definition) is 0. The molecule has 0 bridgehead atoms. The number of benzene rings is 1. The SMILES string of the molecule is C=C1OCC/C1=C\C(OC/C(=C\[Si](C)(C)c1ccccc1)C(=O)OC)C1(CC(OC)OC)SCCCS1. The van der Waals surface area contributed by atoms with E-state index in [2.05, 4.69) is 43.6 Å². The first-order valence-corrected chi connectivity index (χ1v) is 17.6. The van der Waals surface area contributed by atoms with E-state index >= 15 is 0 Å². The van der Waals surface area contributed by atoms with Crippen LogP contribution in [-0.4, -0.2) is 76.6 Å². The molecule has 2 heterocycles. The number of allylic oxidation sites excluding steroid dienone is 1. The summed E-state index contributed by atoms with van der Waals surface area (Å²) in [6, 6.07) is 10.3. The molecule has 0 aromatic heterocycles. The Labute approximate surface area is 231 Å². The molecule has 0 amide bonds. The van der Waals surface area contributed by atoms with Crippen LogP contribution >= 0.6 is 23.5 Å². The Kier molecular flexibility index (Phi) is 11.4. The second-order valence-electron chi connectivity index (χ2n) is 9.66. The minimum atomic E-state index is -2.08. The summed E-state index contributed by atoms with van der Waals surface area (Å²) in [6.07, 6.45) is 4.00. The summed E-state index contributed by atoms with van der Waals surface area (Å²) in [7, 11) is 2.66. The van der Waals surface area contributed by atoms with Crippen LogP contribution in [0, 0.1) is 0 Å². The highest BCUT2D eigenvalue weighted by Crippen LogP contribution is 2.50. The van der Waals surface area contributed by atoms with Crippen molar-refractivity contribution in [2.75, 3.05) is 46.0 Å². The monoisotopic (exact) mass is 564 g/mol. The number of hydrogen-bond acceptors (Lipinski definition) is 8. The Balaban J connectivity index is 1.96. The van der Waals surface area contributed by atoms with E-state index in [0.717, 1.165) is 29.9 Å². The summed E-state index contributed by atoms with van der Waals surface area (Å²) < 4.78 is 28.4. The van der Waals surface area contributed by atoms with Crippen LogP contribution in [0.1, 0.15) is 19.3 Å². The second-order valence-corrected chi connectivity index (χ2v) is 17.1. The summed E-state index contributed by atoms with van der Waals surface area (Å²) in [6.45, 7) is 9.29. The predicted octanol–water partition coefficient (Wildman–Crippen LogP) is 5.06. The molecule has 9 heteroatoms. The third-order valence-corrected chi connectivity index (χ3v) is 13.0. The van der Waals surface area contributed by atoms with Crippen LogP contribution in [0.2, 0.25) is 13.1 Å². The third-order valence-electron chi connectivity index (χ3n) is 6.67. The highest BCUT2D eigenvalue weighted by molar-refractivity contribution is 8.18. The zero-order chi connectivity index (χ0) is 26.9. The molecule has 2 aliphatic rings. The molecule has 0 N–H and O–H groups in total. The Morgan fingerprint density at radius 3 is 2.41 bits per heavy atom. The van der Waals surface area contributed by atoms with Gasteiger partial charge in [-0.3, -0.25) is 0 Å². The van der Waals surface area contributed by atoms with Gasteiger partial charge in [0, 0.05) is 27.1 Å². The van der Waals surface area contributed by atoms with E-state index in [1.807, 2.05) is 41.7 Å². The lowest BCUT2D eigenvalue weighted by Crippen LogP contribution is -2.44. The van der Waals surface area contributed by atoms with Crippen LogP contribution in [0.3, 0.4) is 0 Å². The third kappa shape index (κ3) is 8.00. The lowest BCUT2D eigenvalue weighted by molar-refractivity contribution is -0.137. The first-order chi connectivity index (χ1) is 17.7. The van der Waals surface area contributed by atoms with Crippen molar-refractivity contribution in [3.63, 3.8) is 0 Å². The van der Waals surface area contributed by atoms with Crippen molar-refractivity contribution >= 4 is 42.8 Å². The molecule has 37 heavy (non-hydrogen) atoms. The Hall–Kier alpha value is -1.49. The molecule has 1 aromatic rings. The minimum absolute atomic E-state index is 0.144. The molecule has 3 rings (SSSR count). The summed E-state index contributed by atoms with van der Waals surface area (Å²) >= 11 is 3.75. The van der Waals surface area contributed by atoms with Crippen molar-refractivity contribution in [3.05, 3.63) is 65.6 Å². The van der Waals surface area contributed by atoms with Gasteiger partial charge in [0.2, 0.25) is 0 Å². The topological polar surface area (TPSA) is 63.2 Å².